The average Bonchev–Trinajstić information content (AvgIpc) is 3.45. The number of carboxylic acid groups (broad SMARTS) is 1. The predicted octanol–water partition coefficient (Wildman–Crippen LogP) is 1.68. The number of esters is 1. The molecule has 5 atom stereocenters. The van der Waals surface area contributed by atoms with Crippen LogP contribution in [0.3, 0.4) is 0 Å². The predicted molar refractivity (Wildman–Crippen MR) is 136 cm³/mol. The maximum atomic E-state index is 13.4. The van der Waals surface area contributed by atoms with E-state index in [0.29, 0.717) is 24.4 Å². The van der Waals surface area contributed by atoms with E-state index in [2.05, 4.69) is 10.2 Å². The van der Waals surface area contributed by atoms with E-state index in [4.69, 9.17) is 14.2 Å². The quantitative estimate of drug-likeness (QED) is 0.398. The number of aliphatic carboxylic acids is 1. The standard InChI is InChI=1S/C27H37N3O8/c1-27(2,3)38-26(35)28-18(24(32)33)15-16-5-7-17(8-6-16)36-25(34)22-20-10-9-19(37-20)21(22)23(31)30-13-11-29(4)12-14-30/h5-8,18-22H,9-15H2,1-4H3,(H,28,35)(H,32,33)/t18?,19-,20+,21?,22?/m0/s1. The third kappa shape index (κ3) is 6.63. The first-order chi connectivity index (χ1) is 17.9. The number of nitrogens with zero attached hydrogens (tertiary/aromatic N) is 2. The van der Waals surface area contributed by atoms with Gasteiger partial charge in [0.15, 0.2) is 0 Å². The van der Waals surface area contributed by atoms with Crippen molar-refractivity contribution in [2.45, 2.75) is 63.9 Å². The molecule has 3 heterocycles. The Morgan fingerprint density at radius 2 is 1.63 bits per heavy atom. The van der Waals surface area contributed by atoms with Gasteiger partial charge in [-0.2, -0.15) is 0 Å². The summed E-state index contributed by atoms with van der Waals surface area (Å²) in [5.41, 5.74) is -0.129. The van der Waals surface area contributed by atoms with Crippen molar-refractivity contribution in [2.24, 2.45) is 11.8 Å². The van der Waals surface area contributed by atoms with Crippen LogP contribution < -0.4 is 10.1 Å². The molecule has 2 bridgehead atoms. The first kappa shape index (κ1) is 27.8. The number of nitrogens with one attached hydrogen (secondary N) is 1. The topological polar surface area (TPSA) is 135 Å². The molecule has 3 aliphatic rings. The molecule has 1 aromatic rings. The Morgan fingerprint density at radius 3 is 2.21 bits per heavy atom. The Balaban J connectivity index is 1.37. The Hall–Kier alpha value is -3.18. The van der Waals surface area contributed by atoms with Crippen LogP contribution in [0.1, 0.15) is 39.2 Å². The summed E-state index contributed by atoms with van der Waals surface area (Å²) in [6.45, 7) is 7.93. The molecular formula is C27H37N3O8. The number of alkyl carbamates (subject to hydrolysis) is 1. The third-order valence-corrected chi connectivity index (χ3v) is 7.22. The van der Waals surface area contributed by atoms with Gasteiger partial charge in [-0.3, -0.25) is 9.59 Å². The summed E-state index contributed by atoms with van der Waals surface area (Å²) in [5, 5.41) is 11.9. The Morgan fingerprint density at radius 1 is 1.03 bits per heavy atom. The average molecular weight is 532 g/mol. The van der Waals surface area contributed by atoms with Crippen LogP contribution in [0.4, 0.5) is 4.79 Å². The minimum absolute atomic E-state index is 0.0185. The molecular weight excluding hydrogens is 494 g/mol. The van der Waals surface area contributed by atoms with E-state index in [1.165, 1.54) is 0 Å². The van der Waals surface area contributed by atoms with Crippen molar-refractivity contribution < 1.29 is 38.5 Å². The van der Waals surface area contributed by atoms with Crippen molar-refractivity contribution >= 4 is 23.9 Å². The van der Waals surface area contributed by atoms with Crippen LogP contribution in [-0.2, 0) is 30.3 Å². The highest BCUT2D eigenvalue weighted by atomic mass is 16.6. The number of hydrogen-bond acceptors (Lipinski definition) is 8. The molecule has 208 valence electrons. The van der Waals surface area contributed by atoms with Gasteiger partial charge in [0.1, 0.15) is 17.4 Å². The summed E-state index contributed by atoms with van der Waals surface area (Å²) in [7, 11) is 2.02. The lowest BCUT2D eigenvalue weighted by Crippen LogP contribution is -2.52. The van der Waals surface area contributed by atoms with Gasteiger partial charge in [-0.05, 0) is 58.4 Å². The molecule has 38 heavy (non-hydrogen) atoms. The normalized spacial score (nSPS) is 26.1. The zero-order chi connectivity index (χ0) is 27.6. The summed E-state index contributed by atoms with van der Waals surface area (Å²) in [6.07, 6.45) is 0.0852. The fraction of sp³-hybridized carbons (Fsp3) is 0.630. The molecule has 1 aromatic carbocycles. The molecule has 3 saturated heterocycles. The van der Waals surface area contributed by atoms with Gasteiger partial charge in [-0.1, -0.05) is 12.1 Å². The minimum Gasteiger partial charge on any atom is -0.480 e. The molecule has 0 saturated carbocycles. The van der Waals surface area contributed by atoms with Crippen LogP contribution in [0.2, 0.25) is 0 Å². The maximum Gasteiger partial charge on any atom is 0.408 e. The molecule has 0 aliphatic carbocycles. The Labute approximate surface area is 222 Å². The molecule has 4 rings (SSSR count). The van der Waals surface area contributed by atoms with Crippen molar-refractivity contribution in [3.8, 4) is 5.75 Å². The summed E-state index contributed by atoms with van der Waals surface area (Å²) < 4.78 is 16.8. The van der Waals surface area contributed by atoms with E-state index >= 15 is 0 Å². The molecule has 0 spiro atoms. The SMILES string of the molecule is CN1CCN(C(=O)C2C(C(=O)Oc3ccc(CC(NC(=O)OC(C)(C)C)C(=O)O)cc3)[C@H]3CC[C@@H]2O3)CC1. The summed E-state index contributed by atoms with van der Waals surface area (Å²) in [6, 6.07) is 5.24. The second-order valence-electron chi connectivity index (χ2n) is 11.3. The number of fused-ring (bicyclic) bond motifs is 2. The zero-order valence-electron chi connectivity index (χ0n) is 22.3. The number of piperazine rings is 1. The first-order valence-corrected chi connectivity index (χ1v) is 13.1. The molecule has 11 heteroatoms. The molecule has 3 fully saturated rings. The second kappa shape index (κ2) is 11.3. The highest BCUT2D eigenvalue weighted by Gasteiger charge is 2.57. The van der Waals surface area contributed by atoms with Crippen molar-refractivity contribution in [1.82, 2.24) is 15.1 Å². The fourth-order valence-corrected chi connectivity index (χ4v) is 5.29. The molecule has 11 nitrogen and oxygen atoms in total. The van der Waals surface area contributed by atoms with Crippen LogP contribution in [0.25, 0.3) is 0 Å². The highest BCUT2D eigenvalue weighted by molar-refractivity contribution is 5.88. The van der Waals surface area contributed by atoms with E-state index in [9.17, 15) is 24.3 Å². The van der Waals surface area contributed by atoms with Gasteiger partial charge in [0.25, 0.3) is 0 Å². The fourth-order valence-electron chi connectivity index (χ4n) is 5.29. The van der Waals surface area contributed by atoms with Crippen molar-refractivity contribution in [3.05, 3.63) is 29.8 Å². The van der Waals surface area contributed by atoms with Gasteiger partial charge in [0.05, 0.1) is 24.0 Å². The number of hydrogen-bond donors (Lipinski definition) is 2. The van der Waals surface area contributed by atoms with Gasteiger partial charge in [-0.25, -0.2) is 9.59 Å². The number of rotatable bonds is 7. The monoisotopic (exact) mass is 531 g/mol. The van der Waals surface area contributed by atoms with Crippen LogP contribution >= 0.6 is 0 Å². The van der Waals surface area contributed by atoms with Crippen LogP contribution in [0, 0.1) is 11.8 Å². The van der Waals surface area contributed by atoms with E-state index in [-0.39, 0.29) is 24.5 Å². The molecule has 2 N–H and O–H groups in total. The zero-order valence-corrected chi connectivity index (χ0v) is 22.3. The lowest BCUT2D eigenvalue weighted by atomic mass is 9.78. The molecule has 3 aliphatic heterocycles. The number of likely N-dealkylation sites (N-methyl/N-ethyl adjacent to an activating group) is 1. The molecule has 3 unspecified atom stereocenters. The number of ether oxygens (including phenoxy) is 3. The summed E-state index contributed by atoms with van der Waals surface area (Å²) >= 11 is 0. The Kier molecular flexibility index (Phi) is 8.27. The van der Waals surface area contributed by atoms with Gasteiger partial charge in [0.2, 0.25) is 5.91 Å². The smallest absolute Gasteiger partial charge is 0.408 e. The lowest BCUT2D eigenvalue weighted by Gasteiger charge is -2.36. The van der Waals surface area contributed by atoms with Gasteiger partial charge >= 0.3 is 18.0 Å². The van der Waals surface area contributed by atoms with Crippen molar-refractivity contribution in [1.29, 1.82) is 0 Å². The number of benzene rings is 1. The van der Waals surface area contributed by atoms with Gasteiger partial charge < -0.3 is 34.4 Å². The maximum absolute atomic E-state index is 13.4. The number of carbonyl (C=O) groups excluding carboxylic acids is 3. The van der Waals surface area contributed by atoms with Crippen LogP contribution in [-0.4, -0.2) is 95.9 Å². The Bertz CT molecular complexity index is 1050. The minimum atomic E-state index is -1.20. The highest BCUT2D eigenvalue weighted by Crippen LogP contribution is 2.45. The van der Waals surface area contributed by atoms with Crippen LogP contribution in [0.15, 0.2) is 24.3 Å². The van der Waals surface area contributed by atoms with E-state index in [1.807, 2.05) is 11.9 Å². The first-order valence-electron chi connectivity index (χ1n) is 13.1. The van der Waals surface area contributed by atoms with Gasteiger partial charge in [-0.15, -0.1) is 0 Å². The van der Waals surface area contributed by atoms with Gasteiger partial charge in [0, 0.05) is 32.6 Å². The van der Waals surface area contributed by atoms with Crippen LogP contribution in [0.5, 0.6) is 5.75 Å². The van der Waals surface area contributed by atoms with Crippen molar-refractivity contribution in [2.75, 3.05) is 33.2 Å². The van der Waals surface area contributed by atoms with E-state index in [1.54, 1.807) is 45.0 Å². The number of carbonyl (C=O) groups is 4. The summed E-state index contributed by atoms with van der Waals surface area (Å²) in [4.78, 5) is 54.2. The molecule has 0 radical (unpaired) electrons. The summed E-state index contributed by atoms with van der Waals surface area (Å²) in [5.74, 6) is -2.64. The molecule has 2 amide bonds. The third-order valence-electron chi connectivity index (χ3n) is 7.22. The van der Waals surface area contributed by atoms with E-state index in [0.717, 1.165) is 25.9 Å². The van der Waals surface area contributed by atoms with E-state index < -0.39 is 41.5 Å². The second-order valence-corrected chi connectivity index (χ2v) is 11.3. The number of amides is 2. The number of carboxylic acids is 1. The lowest BCUT2D eigenvalue weighted by molar-refractivity contribution is -0.149. The molecule has 0 aromatic heterocycles. The largest absolute Gasteiger partial charge is 0.480 e. The van der Waals surface area contributed by atoms with Crippen molar-refractivity contribution in [3.63, 3.8) is 0 Å².